The number of carbonyl (C=O) groups is 1. The molecule has 182 valence electrons. The summed E-state index contributed by atoms with van der Waals surface area (Å²) in [4.78, 5) is 12.8. The molecule has 0 aromatic heterocycles. The van der Waals surface area contributed by atoms with E-state index in [0.29, 0.717) is 40.3 Å². The van der Waals surface area contributed by atoms with Gasteiger partial charge in [0.1, 0.15) is 5.78 Å². The average molecular weight is 443 g/mol. The molecular formula is C30H50O2. The van der Waals surface area contributed by atoms with Crippen LogP contribution in [0, 0.1) is 45.3 Å². The maximum absolute atomic E-state index is 12.8. The van der Waals surface area contributed by atoms with Gasteiger partial charge in [-0.15, -0.1) is 0 Å². The number of ketones is 1. The van der Waals surface area contributed by atoms with Crippen LogP contribution in [0.2, 0.25) is 0 Å². The van der Waals surface area contributed by atoms with Crippen molar-refractivity contribution < 1.29 is 9.90 Å². The monoisotopic (exact) mass is 442 g/mol. The minimum Gasteiger partial charge on any atom is -0.390 e. The Balaban J connectivity index is 1.62. The Morgan fingerprint density at radius 2 is 1.62 bits per heavy atom. The molecule has 0 aromatic rings. The lowest BCUT2D eigenvalue weighted by molar-refractivity contribution is -0.207. The standard InChI is InChI=1S/C30H50O2/c1-20(2)10-9-16-30(8,32)22-13-18-28(6)21(22)11-12-24-27(5)17-15-25(31)26(3,4)23(27)14-19-29(24,28)7/h10,21-24,32H,9,11-19H2,1-8H3/t21-,22-,23-,24-,27-,28-,29-,30+/m1/s1. The van der Waals surface area contributed by atoms with Crippen LogP contribution in [0.1, 0.15) is 120 Å². The van der Waals surface area contributed by atoms with Gasteiger partial charge in [-0.1, -0.05) is 46.3 Å². The largest absolute Gasteiger partial charge is 0.390 e. The second-order valence-corrected chi connectivity index (χ2v) is 14.1. The van der Waals surface area contributed by atoms with Gasteiger partial charge >= 0.3 is 0 Å². The van der Waals surface area contributed by atoms with Gasteiger partial charge in [0.2, 0.25) is 0 Å². The first-order valence-electron chi connectivity index (χ1n) is 13.6. The van der Waals surface area contributed by atoms with Crippen molar-refractivity contribution in [3.05, 3.63) is 11.6 Å². The van der Waals surface area contributed by atoms with Gasteiger partial charge in [0, 0.05) is 11.8 Å². The number of hydrogen-bond donors (Lipinski definition) is 1. The van der Waals surface area contributed by atoms with Gasteiger partial charge in [-0.2, -0.15) is 0 Å². The SMILES string of the molecule is CC(C)=CCC[C@](C)(O)[C@@H]1CC[C@]2(C)[C@@H]1CC[C@@H]1[C@]3(C)CCC(=O)C(C)(C)[C@H]3CC[C@]12C. The first-order valence-corrected chi connectivity index (χ1v) is 13.6. The highest BCUT2D eigenvalue weighted by Crippen LogP contribution is 2.75. The van der Waals surface area contributed by atoms with Crippen LogP contribution in [-0.4, -0.2) is 16.5 Å². The first-order chi connectivity index (χ1) is 14.7. The molecule has 2 heteroatoms. The number of aliphatic hydroxyl groups is 1. The molecule has 8 atom stereocenters. The van der Waals surface area contributed by atoms with Gasteiger partial charge in [0.25, 0.3) is 0 Å². The zero-order chi connectivity index (χ0) is 23.7. The Kier molecular flexibility index (Phi) is 5.89. The van der Waals surface area contributed by atoms with Crippen molar-refractivity contribution in [1.29, 1.82) is 0 Å². The van der Waals surface area contributed by atoms with Gasteiger partial charge in [0.05, 0.1) is 5.60 Å². The van der Waals surface area contributed by atoms with Crippen LogP contribution in [0.25, 0.3) is 0 Å². The quantitative estimate of drug-likeness (QED) is 0.452. The number of fused-ring (bicyclic) bond motifs is 5. The van der Waals surface area contributed by atoms with E-state index >= 15 is 0 Å². The van der Waals surface area contributed by atoms with Gasteiger partial charge in [-0.25, -0.2) is 0 Å². The van der Waals surface area contributed by atoms with E-state index < -0.39 is 5.60 Å². The second kappa shape index (κ2) is 7.69. The van der Waals surface area contributed by atoms with Crippen LogP contribution in [0.5, 0.6) is 0 Å². The average Bonchev–Trinajstić information content (AvgIpc) is 3.04. The fraction of sp³-hybridized carbons (Fsp3) is 0.900. The molecule has 0 unspecified atom stereocenters. The molecule has 4 aliphatic rings. The fourth-order valence-corrected chi connectivity index (χ4v) is 10.1. The lowest BCUT2D eigenvalue weighted by Gasteiger charge is -2.69. The van der Waals surface area contributed by atoms with Gasteiger partial charge < -0.3 is 5.11 Å². The highest BCUT2D eigenvalue weighted by Gasteiger charge is 2.69. The Morgan fingerprint density at radius 1 is 0.969 bits per heavy atom. The Hall–Kier alpha value is -0.630. The van der Waals surface area contributed by atoms with E-state index in [2.05, 4.69) is 61.5 Å². The van der Waals surface area contributed by atoms with E-state index in [-0.39, 0.29) is 10.8 Å². The van der Waals surface area contributed by atoms with E-state index in [1.807, 2.05) is 0 Å². The van der Waals surface area contributed by atoms with Crippen molar-refractivity contribution in [2.45, 2.75) is 125 Å². The van der Waals surface area contributed by atoms with E-state index in [1.165, 1.54) is 44.1 Å². The lowest BCUT2D eigenvalue weighted by Crippen LogP contribution is -2.63. The molecule has 4 aliphatic carbocycles. The third-order valence-corrected chi connectivity index (χ3v) is 12.1. The molecule has 0 saturated heterocycles. The van der Waals surface area contributed by atoms with Gasteiger partial charge in [-0.3, -0.25) is 4.79 Å². The number of hydrogen-bond acceptors (Lipinski definition) is 2. The number of rotatable bonds is 4. The number of Topliss-reactive ketones (excluding diaryl/α,β-unsaturated/α-hetero) is 1. The van der Waals surface area contributed by atoms with Crippen LogP contribution >= 0.6 is 0 Å². The summed E-state index contributed by atoms with van der Waals surface area (Å²) in [6.45, 7) is 18.7. The fourth-order valence-electron chi connectivity index (χ4n) is 10.1. The molecule has 4 saturated carbocycles. The van der Waals surface area contributed by atoms with Crippen molar-refractivity contribution >= 4 is 5.78 Å². The minimum atomic E-state index is -0.572. The summed E-state index contributed by atoms with van der Waals surface area (Å²) in [5.41, 5.74) is 1.52. The summed E-state index contributed by atoms with van der Waals surface area (Å²) in [5.74, 6) is 2.78. The van der Waals surface area contributed by atoms with Crippen LogP contribution in [-0.2, 0) is 4.79 Å². The van der Waals surface area contributed by atoms with Crippen LogP contribution in [0.3, 0.4) is 0 Å². The van der Waals surface area contributed by atoms with Crippen molar-refractivity contribution in [2.75, 3.05) is 0 Å². The number of allylic oxidation sites excluding steroid dienone is 2. The molecule has 0 heterocycles. The highest BCUT2D eigenvalue weighted by atomic mass is 16.3. The molecule has 0 amide bonds. The van der Waals surface area contributed by atoms with Gasteiger partial charge in [-0.05, 0) is 118 Å². The maximum atomic E-state index is 12.8. The molecule has 32 heavy (non-hydrogen) atoms. The van der Waals surface area contributed by atoms with Crippen molar-refractivity contribution in [2.24, 2.45) is 45.3 Å². The molecular weight excluding hydrogens is 392 g/mol. The van der Waals surface area contributed by atoms with Crippen molar-refractivity contribution in [3.8, 4) is 0 Å². The van der Waals surface area contributed by atoms with Crippen LogP contribution in [0.15, 0.2) is 11.6 Å². The summed E-state index contributed by atoms with van der Waals surface area (Å²) in [5, 5.41) is 11.6. The third kappa shape index (κ3) is 3.32. The van der Waals surface area contributed by atoms with Crippen LogP contribution in [0.4, 0.5) is 0 Å². The summed E-state index contributed by atoms with van der Waals surface area (Å²) in [6.07, 6.45) is 13.5. The zero-order valence-electron chi connectivity index (χ0n) is 22.3. The molecule has 4 rings (SSSR count). The first kappa shape index (κ1) is 24.5. The predicted molar refractivity (Wildman–Crippen MR) is 133 cm³/mol. The Labute approximate surface area is 198 Å². The molecule has 1 N–H and O–H groups in total. The van der Waals surface area contributed by atoms with Crippen LogP contribution < -0.4 is 0 Å². The third-order valence-electron chi connectivity index (χ3n) is 12.1. The molecule has 4 fully saturated rings. The van der Waals surface area contributed by atoms with Crippen molar-refractivity contribution in [1.82, 2.24) is 0 Å². The summed E-state index contributed by atoms with van der Waals surface area (Å²) < 4.78 is 0. The van der Waals surface area contributed by atoms with Gasteiger partial charge in [0.15, 0.2) is 0 Å². The molecule has 0 radical (unpaired) electrons. The second-order valence-electron chi connectivity index (χ2n) is 14.1. The normalized spacial score (nSPS) is 47.1. The molecule has 2 nitrogen and oxygen atoms in total. The molecule has 0 aromatic carbocycles. The molecule has 0 aliphatic heterocycles. The van der Waals surface area contributed by atoms with E-state index in [1.54, 1.807) is 0 Å². The molecule has 0 spiro atoms. The summed E-state index contributed by atoms with van der Waals surface area (Å²) in [6, 6.07) is 0. The van der Waals surface area contributed by atoms with Crippen molar-refractivity contribution in [3.63, 3.8) is 0 Å². The molecule has 0 bridgehead atoms. The highest BCUT2D eigenvalue weighted by molar-refractivity contribution is 5.85. The summed E-state index contributed by atoms with van der Waals surface area (Å²) >= 11 is 0. The lowest BCUT2D eigenvalue weighted by atomic mass is 9.35. The Bertz CT molecular complexity index is 787. The maximum Gasteiger partial charge on any atom is 0.138 e. The minimum absolute atomic E-state index is 0.168. The van der Waals surface area contributed by atoms with E-state index in [0.717, 1.165) is 25.7 Å². The predicted octanol–water partition coefficient (Wildman–Crippen LogP) is 7.74. The van der Waals surface area contributed by atoms with E-state index in [4.69, 9.17) is 0 Å². The summed E-state index contributed by atoms with van der Waals surface area (Å²) in [7, 11) is 0. The number of carbonyl (C=O) groups excluding carboxylic acids is 1. The smallest absolute Gasteiger partial charge is 0.138 e. The zero-order valence-corrected chi connectivity index (χ0v) is 22.3. The Morgan fingerprint density at radius 3 is 2.28 bits per heavy atom. The van der Waals surface area contributed by atoms with E-state index in [9.17, 15) is 9.90 Å². The topological polar surface area (TPSA) is 37.3 Å².